The Labute approximate surface area is 162 Å². The van der Waals surface area contributed by atoms with Crippen LogP contribution in [0.25, 0.3) is 11.4 Å². The molecule has 2 aliphatic rings. The fourth-order valence-corrected chi connectivity index (χ4v) is 3.63. The predicted octanol–water partition coefficient (Wildman–Crippen LogP) is 3.08. The standard InChI is InChI=1S/C19H22ClN3O4/c20-15-6-4-14(5-7-15)18-21-16(27-22-18)2-1-3-17(24)23-10-8-19(9-11-23)25-12-13-26-19/h4-7H,1-3,8-13H2. The Morgan fingerprint density at radius 3 is 2.56 bits per heavy atom. The SMILES string of the molecule is O=C(CCCc1nc(-c2ccc(Cl)cc2)no1)N1CCC2(CC1)OCCO2. The highest BCUT2D eigenvalue weighted by atomic mass is 35.5. The summed E-state index contributed by atoms with van der Waals surface area (Å²) in [4.78, 5) is 18.7. The first-order valence-electron chi connectivity index (χ1n) is 9.28. The number of amides is 1. The maximum atomic E-state index is 12.4. The third-order valence-corrected chi connectivity index (χ3v) is 5.30. The van der Waals surface area contributed by atoms with Crippen molar-refractivity contribution < 1.29 is 18.8 Å². The van der Waals surface area contributed by atoms with E-state index in [2.05, 4.69) is 10.1 Å². The van der Waals surface area contributed by atoms with E-state index in [1.54, 1.807) is 12.1 Å². The van der Waals surface area contributed by atoms with E-state index in [0.717, 1.165) is 18.4 Å². The van der Waals surface area contributed by atoms with Crippen LogP contribution in [0.1, 0.15) is 31.6 Å². The molecule has 0 bridgehead atoms. The minimum Gasteiger partial charge on any atom is -0.347 e. The predicted molar refractivity (Wildman–Crippen MR) is 98.1 cm³/mol. The van der Waals surface area contributed by atoms with Gasteiger partial charge in [-0.3, -0.25) is 4.79 Å². The van der Waals surface area contributed by atoms with Gasteiger partial charge in [-0.15, -0.1) is 0 Å². The molecule has 4 rings (SSSR count). The van der Waals surface area contributed by atoms with Gasteiger partial charge in [-0.25, -0.2) is 0 Å². The highest BCUT2D eigenvalue weighted by molar-refractivity contribution is 6.30. The van der Waals surface area contributed by atoms with Gasteiger partial charge in [0.15, 0.2) is 5.79 Å². The minimum atomic E-state index is -0.446. The van der Waals surface area contributed by atoms with Crippen LogP contribution in [0.5, 0.6) is 0 Å². The molecular formula is C19H22ClN3O4. The van der Waals surface area contributed by atoms with Crippen molar-refractivity contribution in [1.82, 2.24) is 15.0 Å². The van der Waals surface area contributed by atoms with Gasteiger partial charge in [-0.05, 0) is 30.7 Å². The number of hydrogen-bond acceptors (Lipinski definition) is 6. The normalized spacial score (nSPS) is 18.9. The lowest BCUT2D eigenvalue weighted by Crippen LogP contribution is -2.47. The van der Waals surface area contributed by atoms with Crippen LogP contribution in [0.4, 0.5) is 0 Å². The summed E-state index contributed by atoms with van der Waals surface area (Å²) in [6.45, 7) is 2.66. The molecule has 3 heterocycles. The summed E-state index contributed by atoms with van der Waals surface area (Å²) in [7, 11) is 0. The highest BCUT2D eigenvalue weighted by Gasteiger charge is 2.40. The molecule has 0 aliphatic carbocycles. The second kappa shape index (κ2) is 7.96. The first kappa shape index (κ1) is 18.4. The fourth-order valence-electron chi connectivity index (χ4n) is 3.50. The van der Waals surface area contributed by atoms with Crippen LogP contribution in [0.2, 0.25) is 5.02 Å². The van der Waals surface area contributed by atoms with Crippen LogP contribution >= 0.6 is 11.6 Å². The highest BCUT2D eigenvalue weighted by Crippen LogP contribution is 2.31. The van der Waals surface area contributed by atoms with Gasteiger partial charge < -0.3 is 18.9 Å². The molecule has 2 fully saturated rings. The molecule has 7 nitrogen and oxygen atoms in total. The monoisotopic (exact) mass is 391 g/mol. The van der Waals surface area contributed by atoms with E-state index in [4.69, 9.17) is 25.6 Å². The van der Waals surface area contributed by atoms with Crippen LogP contribution in [0, 0.1) is 0 Å². The number of piperidine rings is 1. The van der Waals surface area contributed by atoms with Crippen molar-refractivity contribution in [2.24, 2.45) is 0 Å². The summed E-state index contributed by atoms with van der Waals surface area (Å²) in [5.74, 6) is 0.780. The molecule has 0 radical (unpaired) electrons. The van der Waals surface area contributed by atoms with Crippen molar-refractivity contribution in [1.29, 1.82) is 0 Å². The van der Waals surface area contributed by atoms with Gasteiger partial charge in [0.25, 0.3) is 0 Å². The van der Waals surface area contributed by atoms with E-state index >= 15 is 0 Å². The quantitative estimate of drug-likeness (QED) is 0.779. The molecule has 2 aromatic rings. The van der Waals surface area contributed by atoms with E-state index in [9.17, 15) is 4.79 Å². The van der Waals surface area contributed by atoms with Gasteiger partial charge in [0.05, 0.1) is 13.2 Å². The minimum absolute atomic E-state index is 0.153. The topological polar surface area (TPSA) is 77.7 Å². The van der Waals surface area contributed by atoms with Gasteiger partial charge in [-0.2, -0.15) is 4.98 Å². The van der Waals surface area contributed by atoms with Gasteiger partial charge >= 0.3 is 0 Å². The molecule has 1 amide bonds. The average Bonchev–Trinajstić information content (AvgIpc) is 3.33. The summed E-state index contributed by atoms with van der Waals surface area (Å²) in [5.41, 5.74) is 0.851. The van der Waals surface area contributed by atoms with Crippen molar-refractivity contribution in [2.45, 2.75) is 37.9 Å². The number of carbonyl (C=O) groups is 1. The summed E-state index contributed by atoms with van der Waals surface area (Å²) >= 11 is 5.89. The number of hydrogen-bond donors (Lipinski definition) is 0. The number of aryl methyl sites for hydroxylation is 1. The number of ether oxygens (including phenoxy) is 2. The number of benzene rings is 1. The molecule has 1 spiro atoms. The number of aromatic nitrogens is 2. The molecule has 8 heteroatoms. The van der Waals surface area contributed by atoms with Crippen molar-refractivity contribution in [3.8, 4) is 11.4 Å². The maximum Gasteiger partial charge on any atom is 0.226 e. The number of likely N-dealkylation sites (tertiary alicyclic amines) is 1. The van der Waals surface area contributed by atoms with E-state index in [1.807, 2.05) is 17.0 Å². The molecule has 144 valence electrons. The average molecular weight is 392 g/mol. The first-order chi connectivity index (χ1) is 13.1. The first-order valence-corrected chi connectivity index (χ1v) is 9.66. The van der Waals surface area contributed by atoms with E-state index in [1.165, 1.54) is 0 Å². The van der Waals surface area contributed by atoms with Crippen LogP contribution < -0.4 is 0 Å². The summed E-state index contributed by atoms with van der Waals surface area (Å²) in [6.07, 6.45) is 3.21. The van der Waals surface area contributed by atoms with Crippen LogP contribution in [-0.4, -0.2) is 53.0 Å². The number of nitrogens with zero attached hydrogens (tertiary/aromatic N) is 3. The molecule has 2 saturated heterocycles. The molecule has 2 aliphatic heterocycles. The van der Waals surface area contributed by atoms with E-state index in [0.29, 0.717) is 62.3 Å². The molecule has 1 aromatic heterocycles. The van der Waals surface area contributed by atoms with Crippen LogP contribution in [0.3, 0.4) is 0 Å². The van der Waals surface area contributed by atoms with E-state index < -0.39 is 5.79 Å². The zero-order valence-corrected chi connectivity index (χ0v) is 15.8. The van der Waals surface area contributed by atoms with Crippen LogP contribution in [-0.2, 0) is 20.7 Å². The van der Waals surface area contributed by atoms with Crippen molar-refractivity contribution in [3.05, 3.63) is 35.2 Å². The van der Waals surface area contributed by atoms with E-state index in [-0.39, 0.29) is 5.91 Å². The molecule has 0 unspecified atom stereocenters. The maximum absolute atomic E-state index is 12.4. The zero-order chi connectivity index (χ0) is 18.7. The lowest BCUT2D eigenvalue weighted by Gasteiger charge is -2.37. The summed E-state index contributed by atoms with van der Waals surface area (Å²) in [6, 6.07) is 7.27. The van der Waals surface area contributed by atoms with Gasteiger partial charge in [0, 0.05) is 49.4 Å². The Morgan fingerprint density at radius 1 is 1.15 bits per heavy atom. The van der Waals surface area contributed by atoms with Gasteiger partial charge in [-0.1, -0.05) is 16.8 Å². The Hall–Kier alpha value is -1.96. The second-order valence-corrected chi connectivity index (χ2v) is 7.30. The Morgan fingerprint density at radius 2 is 1.85 bits per heavy atom. The molecular weight excluding hydrogens is 370 g/mol. The zero-order valence-electron chi connectivity index (χ0n) is 15.0. The number of carbonyl (C=O) groups excluding carboxylic acids is 1. The fraction of sp³-hybridized carbons (Fsp3) is 0.526. The summed E-state index contributed by atoms with van der Waals surface area (Å²) < 4.78 is 16.7. The Kier molecular flexibility index (Phi) is 5.43. The third kappa shape index (κ3) is 4.31. The summed E-state index contributed by atoms with van der Waals surface area (Å²) in [5, 5.41) is 4.65. The lowest BCUT2D eigenvalue weighted by molar-refractivity contribution is -0.187. The third-order valence-electron chi connectivity index (χ3n) is 5.04. The molecule has 0 N–H and O–H groups in total. The number of rotatable bonds is 5. The van der Waals surface area contributed by atoms with Gasteiger partial charge in [0.1, 0.15) is 0 Å². The molecule has 0 saturated carbocycles. The van der Waals surface area contributed by atoms with Crippen LogP contribution in [0.15, 0.2) is 28.8 Å². The van der Waals surface area contributed by atoms with Crippen molar-refractivity contribution >= 4 is 17.5 Å². The molecule has 1 aromatic carbocycles. The largest absolute Gasteiger partial charge is 0.347 e. The van der Waals surface area contributed by atoms with Crippen molar-refractivity contribution in [3.63, 3.8) is 0 Å². The smallest absolute Gasteiger partial charge is 0.226 e. The second-order valence-electron chi connectivity index (χ2n) is 6.86. The Balaban J connectivity index is 1.23. The van der Waals surface area contributed by atoms with Gasteiger partial charge in [0.2, 0.25) is 17.6 Å². The number of halogens is 1. The molecule has 0 atom stereocenters. The lowest BCUT2D eigenvalue weighted by atomic mass is 10.0. The Bertz CT molecular complexity index is 777. The van der Waals surface area contributed by atoms with Crippen molar-refractivity contribution in [2.75, 3.05) is 26.3 Å². The molecule has 27 heavy (non-hydrogen) atoms.